The lowest BCUT2D eigenvalue weighted by Gasteiger charge is -2.13. The van der Waals surface area contributed by atoms with Crippen LogP contribution in [0.4, 0.5) is 5.69 Å². The average Bonchev–Trinajstić information content (AvgIpc) is 2.48. The van der Waals surface area contributed by atoms with E-state index in [4.69, 9.17) is 21.6 Å². The summed E-state index contributed by atoms with van der Waals surface area (Å²) in [7, 11) is 1.61. The Balaban J connectivity index is 2.18. The minimum absolute atomic E-state index is 0.618. The van der Waals surface area contributed by atoms with Crippen LogP contribution in [0.25, 0.3) is 0 Å². The Kier molecular flexibility index (Phi) is 4.49. The molecule has 0 fully saturated rings. The molecule has 0 aliphatic carbocycles. The number of halogens is 1. The number of hydrogen-bond donors (Lipinski definition) is 1. The van der Waals surface area contributed by atoms with Crippen LogP contribution in [-0.2, 0) is 6.54 Å². The lowest BCUT2D eigenvalue weighted by atomic mass is 10.1. The summed E-state index contributed by atoms with van der Waals surface area (Å²) in [6, 6.07) is 13.4. The van der Waals surface area contributed by atoms with E-state index in [0.717, 1.165) is 16.8 Å². The van der Waals surface area contributed by atoms with Crippen LogP contribution in [-0.4, -0.2) is 7.11 Å². The first-order valence-corrected chi connectivity index (χ1v) is 6.59. The highest BCUT2D eigenvalue weighted by Crippen LogP contribution is 2.31. The fourth-order valence-electron chi connectivity index (χ4n) is 1.92. The first-order valence-electron chi connectivity index (χ1n) is 6.21. The van der Waals surface area contributed by atoms with E-state index in [0.29, 0.717) is 22.9 Å². The molecule has 0 heterocycles. The average molecular weight is 287 g/mol. The number of ether oxygens (including phenoxy) is 1. The van der Waals surface area contributed by atoms with E-state index in [1.165, 1.54) is 0 Å². The molecule has 0 saturated carbocycles. The Hall–Kier alpha value is -2.18. The van der Waals surface area contributed by atoms with Crippen molar-refractivity contribution in [1.29, 1.82) is 5.26 Å². The summed E-state index contributed by atoms with van der Waals surface area (Å²) in [6.45, 7) is 2.57. The van der Waals surface area contributed by atoms with Crippen LogP contribution in [0.2, 0.25) is 5.02 Å². The van der Waals surface area contributed by atoms with Gasteiger partial charge in [-0.1, -0.05) is 23.7 Å². The summed E-state index contributed by atoms with van der Waals surface area (Å²) < 4.78 is 5.32. The highest BCUT2D eigenvalue weighted by molar-refractivity contribution is 6.31. The third-order valence-electron chi connectivity index (χ3n) is 3.02. The van der Waals surface area contributed by atoms with Crippen LogP contribution in [0.1, 0.15) is 16.7 Å². The molecule has 1 N–H and O–H groups in total. The van der Waals surface area contributed by atoms with Gasteiger partial charge in [0.2, 0.25) is 0 Å². The Labute approximate surface area is 123 Å². The van der Waals surface area contributed by atoms with Crippen molar-refractivity contribution in [2.45, 2.75) is 13.5 Å². The van der Waals surface area contributed by atoms with Crippen molar-refractivity contribution in [3.05, 3.63) is 58.1 Å². The van der Waals surface area contributed by atoms with E-state index in [1.807, 2.05) is 31.2 Å². The van der Waals surface area contributed by atoms with Gasteiger partial charge >= 0.3 is 0 Å². The second-order valence-corrected chi connectivity index (χ2v) is 4.87. The van der Waals surface area contributed by atoms with Crippen LogP contribution < -0.4 is 10.1 Å². The molecule has 0 spiro atoms. The molecular weight excluding hydrogens is 272 g/mol. The van der Waals surface area contributed by atoms with Crippen molar-refractivity contribution in [2.75, 3.05) is 12.4 Å². The number of aryl methyl sites for hydroxylation is 1. The summed E-state index contributed by atoms with van der Waals surface area (Å²) in [5.41, 5.74) is 3.57. The zero-order valence-corrected chi connectivity index (χ0v) is 12.2. The summed E-state index contributed by atoms with van der Waals surface area (Å²) in [6.07, 6.45) is 0. The van der Waals surface area contributed by atoms with Crippen LogP contribution in [0.5, 0.6) is 5.75 Å². The maximum absolute atomic E-state index is 8.89. The number of hydrogen-bond acceptors (Lipinski definition) is 3. The zero-order chi connectivity index (χ0) is 14.5. The second kappa shape index (κ2) is 6.31. The Morgan fingerprint density at radius 3 is 2.80 bits per heavy atom. The van der Waals surface area contributed by atoms with Gasteiger partial charge < -0.3 is 10.1 Å². The number of rotatable bonds is 4. The topological polar surface area (TPSA) is 45.0 Å². The molecule has 0 aliphatic rings. The van der Waals surface area contributed by atoms with Crippen molar-refractivity contribution in [2.24, 2.45) is 0 Å². The van der Waals surface area contributed by atoms with Crippen LogP contribution in [0.15, 0.2) is 36.4 Å². The lowest BCUT2D eigenvalue weighted by molar-refractivity contribution is 0.416. The molecule has 0 radical (unpaired) electrons. The lowest BCUT2D eigenvalue weighted by Crippen LogP contribution is -2.02. The molecular formula is C16H15ClN2O. The van der Waals surface area contributed by atoms with Crippen molar-refractivity contribution >= 4 is 17.3 Å². The molecule has 3 nitrogen and oxygen atoms in total. The monoisotopic (exact) mass is 286 g/mol. The number of nitrogens with one attached hydrogen (secondary N) is 1. The fraction of sp³-hybridized carbons (Fsp3) is 0.188. The van der Waals surface area contributed by atoms with Crippen molar-refractivity contribution in [1.82, 2.24) is 0 Å². The Morgan fingerprint density at radius 2 is 2.10 bits per heavy atom. The third kappa shape index (κ3) is 3.23. The quantitative estimate of drug-likeness (QED) is 0.919. The second-order valence-electron chi connectivity index (χ2n) is 4.47. The highest BCUT2D eigenvalue weighted by atomic mass is 35.5. The van der Waals surface area contributed by atoms with E-state index in [1.54, 1.807) is 19.2 Å². The van der Waals surface area contributed by atoms with E-state index in [-0.39, 0.29) is 0 Å². The molecule has 4 heteroatoms. The van der Waals surface area contributed by atoms with Gasteiger partial charge in [0.15, 0.2) is 0 Å². The summed E-state index contributed by atoms with van der Waals surface area (Å²) in [5, 5.41) is 12.9. The molecule has 102 valence electrons. The van der Waals surface area contributed by atoms with Gasteiger partial charge in [-0.2, -0.15) is 5.26 Å². The number of nitriles is 1. The third-order valence-corrected chi connectivity index (χ3v) is 3.43. The molecule has 0 aliphatic heterocycles. The maximum Gasteiger partial charge on any atom is 0.143 e. The molecule has 0 amide bonds. The van der Waals surface area contributed by atoms with Gasteiger partial charge in [0.25, 0.3) is 0 Å². The number of methoxy groups -OCH3 is 1. The first kappa shape index (κ1) is 14.2. The normalized spacial score (nSPS) is 9.90. The molecule has 0 unspecified atom stereocenters. The fourth-order valence-corrected chi connectivity index (χ4v) is 2.07. The molecule has 0 atom stereocenters. The molecule has 2 rings (SSSR count). The van der Waals surface area contributed by atoms with Gasteiger partial charge in [-0.15, -0.1) is 0 Å². The summed E-state index contributed by atoms with van der Waals surface area (Å²) >= 11 is 6.08. The molecule has 2 aromatic rings. The maximum atomic E-state index is 8.89. The SMILES string of the molecule is COc1cc(Cl)c(C)cc1NCc1cccc(C#N)c1. The molecule has 0 aromatic heterocycles. The summed E-state index contributed by atoms with van der Waals surface area (Å²) in [4.78, 5) is 0. The predicted octanol–water partition coefficient (Wildman–Crippen LogP) is 4.14. The number of nitrogens with zero attached hydrogens (tertiary/aromatic N) is 1. The zero-order valence-electron chi connectivity index (χ0n) is 11.4. The first-order chi connectivity index (χ1) is 9.63. The van der Waals surface area contributed by atoms with Crippen molar-refractivity contribution in [3.63, 3.8) is 0 Å². The van der Waals surface area contributed by atoms with Crippen molar-refractivity contribution in [3.8, 4) is 11.8 Å². The highest BCUT2D eigenvalue weighted by Gasteiger charge is 2.06. The van der Waals surface area contributed by atoms with Gasteiger partial charge in [0.1, 0.15) is 5.75 Å². The van der Waals surface area contributed by atoms with Crippen LogP contribution >= 0.6 is 11.6 Å². The van der Waals surface area contributed by atoms with Gasteiger partial charge in [-0.05, 0) is 36.2 Å². The van der Waals surface area contributed by atoms with Gasteiger partial charge in [0.05, 0.1) is 24.4 Å². The van der Waals surface area contributed by atoms with E-state index in [2.05, 4.69) is 11.4 Å². The Bertz CT molecular complexity index is 662. The molecule has 2 aromatic carbocycles. The van der Waals surface area contributed by atoms with Crippen LogP contribution in [0, 0.1) is 18.3 Å². The summed E-state index contributed by atoms with van der Waals surface area (Å²) in [5.74, 6) is 0.706. The standard InChI is InChI=1S/C16H15ClN2O/c1-11-6-15(16(20-2)8-14(11)17)19-10-13-5-3-4-12(7-13)9-18/h3-8,19H,10H2,1-2H3. The number of benzene rings is 2. The smallest absolute Gasteiger partial charge is 0.143 e. The number of anilines is 1. The van der Waals surface area contributed by atoms with Gasteiger partial charge in [-0.3, -0.25) is 0 Å². The minimum atomic E-state index is 0.618. The van der Waals surface area contributed by atoms with E-state index in [9.17, 15) is 0 Å². The van der Waals surface area contributed by atoms with Gasteiger partial charge in [0, 0.05) is 17.6 Å². The molecule has 0 saturated heterocycles. The Morgan fingerprint density at radius 1 is 1.30 bits per heavy atom. The van der Waals surface area contributed by atoms with Gasteiger partial charge in [-0.25, -0.2) is 0 Å². The largest absolute Gasteiger partial charge is 0.495 e. The van der Waals surface area contributed by atoms with E-state index >= 15 is 0 Å². The predicted molar refractivity (Wildman–Crippen MR) is 81.2 cm³/mol. The minimum Gasteiger partial charge on any atom is -0.495 e. The van der Waals surface area contributed by atoms with Crippen LogP contribution in [0.3, 0.4) is 0 Å². The van der Waals surface area contributed by atoms with E-state index < -0.39 is 0 Å². The molecule has 0 bridgehead atoms. The van der Waals surface area contributed by atoms with Crippen molar-refractivity contribution < 1.29 is 4.74 Å². The molecule has 20 heavy (non-hydrogen) atoms.